The fourth-order valence-corrected chi connectivity index (χ4v) is 1.81. The summed E-state index contributed by atoms with van der Waals surface area (Å²) in [6.45, 7) is 10.5. The Morgan fingerprint density at radius 3 is 2.05 bits per heavy atom. The van der Waals surface area contributed by atoms with Crippen LogP contribution in [0.2, 0.25) is 0 Å². The number of nitrogens with two attached hydrogens (primary N) is 1. The van der Waals surface area contributed by atoms with Gasteiger partial charge in [-0.1, -0.05) is 45.6 Å². The van der Waals surface area contributed by atoms with Crippen LogP contribution in [0.5, 0.6) is 0 Å². The molecule has 1 rings (SSSR count). The van der Waals surface area contributed by atoms with Gasteiger partial charge in [0.15, 0.2) is 0 Å². The number of aromatic amines is 1. The van der Waals surface area contributed by atoms with Gasteiger partial charge in [-0.05, 0) is 44.6 Å². The number of nitrogens with one attached hydrogen (secondary N) is 1. The SMILES string of the molecule is C/C=C\C(N)=C\c1[nH]c(C)cc1C.CCCCCC.FSF. The van der Waals surface area contributed by atoms with E-state index in [0.717, 1.165) is 17.1 Å². The van der Waals surface area contributed by atoms with Crippen LogP contribution < -0.4 is 5.73 Å². The number of rotatable bonds is 5. The predicted octanol–water partition coefficient (Wildman–Crippen LogP) is 6.58. The van der Waals surface area contributed by atoms with Crippen molar-refractivity contribution < 1.29 is 7.77 Å². The van der Waals surface area contributed by atoms with Gasteiger partial charge in [0.1, 0.15) is 0 Å². The van der Waals surface area contributed by atoms with Crippen LogP contribution >= 0.6 is 12.5 Å². The molecular weight excluding hydrogens is 302 g/mol. The maximum Gasteiger partial charge on any atom is 0.255 e. The molecule has 0 radical (unpaired) electrons. The van der Waals surface area contributed by atoms with Crippen molar-refractivity contribution in [1.29, 1.82) is 0 Å². The van der Waals surface area contributed by atoms with Crippen LogP contribution in [0, 0.1) is 13.8 Å². The molecule has 0 fully saturated rings. The number of halogens is 2. The van der Waals surface area contributed by atoms with E-state index >= 15 is 0 Å². The molecule has 0 bridgehead atoms. The summed E-state index contributed by atoms with van der Waals surface area (Å²) in [5.41, 5.74) is 10.0. The van der Waals surface area contributed by atoms with Crippen molar-refractivity contribution in [3.8, 4) is 0 Å². The number of hydrogen-bond donors (Lipinski definition) is 2. The van der Waals surface area contributed by atoms with Crippen LogP contribution in [0.1, 0.15) is 63.4 Å². The first-order chi connectivity index (χ1) is 10.5. The highest BCUT2D eigenvalue weighted by atomic mass is 32.2. The number of aromatic nitrogens is 1. The molecule has 22 heavy (non-hydrogen) atoms. The Morgan fingerprint density at radius 2 is 1.73 bits per heavy atom. The first-order valence-corrected chi connectivity index (χ1v) is 8.23. The molecule has 1 aromatic heterocycles. The molecule has 5 heteroatoms. The van der Waals surface area contributed by atoms with Crippen LogP contribution in [-0.2, 0) is 0 Å². The molecule has 0 saturated carbocycles. The fourth-order valence-electron chi connectivity index (χ4n) is 1.81. The highest BCUT2D eigenvalue weighted by Gasteiger charge is 1.97. The third-order valence-electron chi connectivity index (χ3n) is 2.82. The first kappa shape index (κ1) is 23.0. The molecule has 0 unspecified atom stereocenters. The largest absolute Gasteiger partial charge is 0.399 e. The number of allylic oxidation sites excluding steroid dienone is 2. The van der Waals surface area contributed by atoms with Crippen molar-refractivity contribution in [2.24, 2.45) is 5.73 Å². The lowest BCUT2D eigenvalue weighted by Crippen LogP contribution is -1.92. The summed E-state index contributed by atoms with van der Waals surface area (Å²) in [5.74, 6) is 0. The van der Waals surface area contributed by atoms with Crippen LogP contribution in [0.25, 0.3) is 6.08 Å². The van der Waals surface area contributed by atoms with E-state index < -0.39 is 12.5 Å². The molecule has 3 N–H and O–H groups in total. The van der Waals surface area contributed by atoms with E-state index in [1.165, 1.54) is 31.2 Å². The molecule has 128 valence electrons. The van der Waals surface area contributed by atoms with Gasteiger partial charge in [0.2, 0.25) is 0 Å². The van der Waals surface area contributed by atoms with Gasteiger partial charge in [-0.25, -0.2) is 0 Å². The number of unbranched alkanes of at least 4 members (excludes halogenated alkanes) is 3. The maximum atomic E-state index is 9.54. The topological polar surface area (TPSA) is 41.8 Å². The lowest BCUT2D eigenvalue weighted by atomic mass is 10.2. The van der Waals surface area contributed by atoms with E-state index in [1.807, 2.05) is 32.1 Å². The lowest BCUT2D eigenvalue weighted by Gasteiger charge is -1.93. The predicted molar refractivity (Wildman–Crippen MR) is 96.9 cm³/mol. The third kappa shape index (κ3) is 13.7. The zero-order valence-corrected chi connectivity index (χ0v) is 15.2. The normalized spacial score (nSPS) is 10.8. The molecule has 0 atom stereocenters. The van der Waals surface area contributed by atoms with Crippen LogP contribution in [-0.4, -0.2) is 4.98 Å². The quantitative estimate of drug-likeness (QED) is 0.472. The van der Waals surface area contributed by atoms with Crippen molar-refractivity contribution in [1.82, 2.24) is 4.98 Å². The van der Waals surface area contributed by atoms with Crippen LogP contribution in [0.15, 0.2) is 23.9 Å². The van der Waals surface area contributed by atoms with Gasteiger partial charge in [-0.3, -0.25) is 0 Å². The summed E-state index contributed by atoms with van der Waals surface area (Å²) in [4.78, 5) is 3.24. The van der Waals surface area contributed by atoms with E-state index in [2.05, 4.69) is 31.8 Å². The molecule has 0 aromatic carbocycles. The molecule has 0 aliphatic carbocycles. The van der Waals surface area contributed by atoms with Gasteiger partial charge in [-0.2, -0.15) is 0 Å². The average Bonchev–Trinajstić information content (AvgIpc) is 2.76. The highest BCUT2D eigenvalue weighted by Crippen LogP contribution is 2.11. The van der Waals surface area contributed by atoms with Crippen molar-refractivity contribution in [2.45, 2.75) is 60.3 Å². The molecule has 0 amide bonds. The summed E-state index contributed by atoms with van der Waals surface area (Å²) in [6, 6.07) is 2.11. The summed E-state index contributed by atoms with van der Waals surface area (Å²) in [5, 5.41) is 0. The van der Waals surface area contributed by atoms with Crippen molar-refractivity contribution in [3.05, 3.63) is 40.9 Å². The zero-order valence-electron chi connectivity index (χ0n) is 14.4. The Bertz CT molecular complexity index is 422. The lowest BCUT2D eigenvalue weighted by molar-refractivity contribution is 0.702. The van der Waals surface area contributed by atoms with Crippen molar-refractivity contribution in [2.75, 3.05) is 0 Å². The van der Waals surface area contributed by atoms with Gasteiger partial charge in [-0.15, -0.1) is 7.77 Å². The zero-order chi connectivity index (χ0) is 17.4. The Hall–Kier alpha value is -1.23. The first-order valence-electron chi connectivity index (χ1n) is 7.62. The van der Waals surface area contributed by atoms with Gasteiger partial charge in [0.05, 0.1) is 0 Å². The second-order valence-corrected chi connectivity index (χ2v) is 5.08. The van der Waals surface area contributed by atoms with E-state index in [9.17, 15) is 7.77 Å². The molecular formula is C17H30F2N2S. The Morgan fingerprint density at radius 1 is 1.23 bits per heavy atom. The Kier molecular flexibility index (Phi) is 16.9. The second kappa shape index (κ2) is 16.1. The number of aryl methyl sites for hydroxylation is 2. The Balaban J connectivity index is 0. The Labute approximate surface area is 138 Å². The molecule has 0 aliphatic rings. The summed E-state index contributed by atoms with van der Waals surface area (Å²) < 4.78 is 19.1. The fraction of sp³-hybridized carbons (Fsp3) is 0.529. The minimum atomic E-state index is -1.25. The smallest absolute Gasteiger partial charge is 0.255 e. The average molecular weight is 333 g/mol. The standard InChI is InChI=1S/C11H16N2.C6H14.F2S/c1-4-5-10(12)7-11-8(2)6-9(3)13-11;1-3-5-6-4-2;1-3-2/h4-7,13H,12H2,1-3H3;3-6H2,1-2H3;/b5-4-,10-7-;;. The van der Waals surface area contributed by atoms with Gasteiger partial charge in [0, 0.05) is 17.1 Å². The summed E-state index contributed by atoms with van der Waals surface area (Å²) >= 11 is -1.25. The van der Waals surface area contributed by atoms with Gasteiger partial charge in [0.25, 0.3) is 12.5 Å². The van der Waals surface area contributed by atoms with Crippen LogP contribution in [0.4, 0.5) is 7.77 Å². The minimum absolute atomic E-state index is 0.771. The molecule has 2 nitrogen and oxygen atoms in total. The number of H-pyrrole nitrogens is 1. The maximum absolute atomic E-state index is 9.54. The van der Waals surface area contributed by atoms with E-state index in [0.29, 0.717) is 0 Å². The minimum Gasteiger partial charge on any atom is -0.399 e. The molecule has 1 aromatic rings. The van der Waals surface area contributed by atoms with E-state index in [1.54, 1.807) is 0 Å². The van der Waals surface area contributed by atoms with E-state index in [4.69, 9.17) is 5.73 Å². The van der Waals surface area contributed by atoms with Crippen LogP contribution in [0.3, 0.4) is 0 Å². The van der Waals surface area contributed by atoms with Gasteiger partial charge < -0.3 is 10.7 Å². The monoisotopic (exact) mass is 332 g/mol. The third-order valence-corrected chi connectivity index (χ3v) is 2.82. The van der Waals surface area contributed by atoms with Crippen molar-refractivity contribution in [3.63, 3.8) is 0 Å². The highest BCUT2D eigenvalue weighted by molar-refractivity contribution is 7.89. The summed E-state index contributed by atoms with van der Waals surface area (Å²) in [7, 11) is 0. The van der Waals surface area contributed by atoms with Crippen molar-refractivity contribution >= 4 is 18.6 Å². The summed E-state index contributed by atoms with van der Waals surface area (Å²) in [6.07, 6.45) is 11.3. The molecule has 0 saturated heterocycles. The molecule has 1 heterocycles. The van der Waals surface area contributed by atoms with E-state index in [-0.39, 0.29) is 0 Å². The van der Waals surface area contributed by atoms with Gasteiger partial charge >= 0.3 is 0 Å². The second-order valence-electron chi connectivity index (χ2n) is 4.96. The molecule has 0 aliphatic heterocycles. The molecule has 0 spiro atoms. The number of hydrogen-bond acceptors (Lipinski definition) is 2.